The van der Waals surface area contributed by atoms with Crippen molar-refractivity contribution in [3.05, 3.63) is 65.0 Å². The van der Waals surface area contributed by atoms with Gasteiger partial charge < -0.3 is 5.32 Å². The number of nitrogens with zero attached hydrogens (tertiary/aromatic N) is 4. The van der Waals surface area contributed by atoms with Crippen LogP contribution < -0.4 is 5.32 Å². The molecular formula is C24H28F3N5. The van der Waals surface area contributed by atoms with Crippen molar-refractivity contribution < 1.29 is 13.2 Å². The summed E-state index contributed by atoms with van der Waals surface area (Å²) in [5, 5.41) is 3.20. The van der Waals surface area contributed by atoms with E-state index in [-0.39, 0.29) is 0 Å². The molecule has 1 unspecified atom stereocenters. The fourth-order valence-electron chi connectivity index (χ4n) is 3.39. The summed E-state index contributed by atoms with van der Waals surface area (Å²) in [4.78, 5) is 12.9. The summed E-state index contributed by atoms with van der Waals surface area (Å²) in [6, 6.07) is 13.0. The highest BCUT2D eigenvalue weighted by Crippen LogP contribution is 2.34. The van der Waals surface area contributed by atoms with E-state index >= 15 is 0 Å². The van der Waals surface area contributed by atoms with Crippen LogP contribution in [0.5, 0.6) is 0 Å². The third-order valence-electron chi connectivity index (χ3n) is 5.12. The zero-order chi connectivity index (χ0) is 23.3. The molecule has 0 radical (unpaired) electrons. The van der Waals surface area contributed by atoms with Gasteiger partial charge in [-0.05, 0) is 56.0 Å². The average molecular weight is 444 g/mol. The van der Waals surface area contributed by atoms with Gasteiger partial charge in [0.2, 0.25) is 5.82 Å². The molecule has 2 aromatic carbocycles. The van der Waals surface area contributed by atoms with Gasteiger partial charge in [-0.25, -0.2) is 4.98 Å². The molecule has 0 saturated carbocycles. The van der Waals surface area contributed by atoms with Crippen molar-refractivity contribution >= 4 is 23.1 Å². The Balaban J connectivity index is 1.93. The van der Waals surface area contributed by atoms with Gasteiger partial charge in [0.15, 0.2) is 0 Å². The first-order chi connectivity index (χ1) is 15.2. The number of aromatic nitrogens is 2. The number of aliphatic imine (C=N–C) groups is 2. The number of fused-ring (bicyclic) bond motifs is 1. The van der Waals surface area contributed by atoms with E-state index in [1.165, 1.54) is 6.21 Å². The number of alkyl halides is 3. The van der Waals surface area contributed by atoms with Gasteiger partial charge in [0.25, 0.3) is 0 Å². The molecule has 1 aromatic heterocycles. The van der Waals surface area contributed by atoms with Crippen LogP contribution in [0.15, 0.2) is 52.4 Å². The zero-order valence-corrected chi connectivity index (χ0v) is 18.7. The molecule has 1 atom stereocenters. The summed E-state index contributed by atoms with van der Waals surface area (Å²) in [6.45, 7) is 8.63. The van der Waals surface area contributed by atoms with Gasteiger partial charge in [-0.3, -0.25) is 14.6 Å². The van der Waals surface area contributed by atoms with E-state index < -0.39 is 18.2 Å². The van der Waals surface area contributed by atoms with E-state index in [4.69, 9.17) is 0 Å². The Morgan fingerprint density at radius 2 is 1.94 bits per heavy atom. The first-order valence-electron chi connectivity index (χ1n) is 10.6. The zero-order valence-electron chi connectivity index (χ0n) is 18.7. The monoisotopic (exact) mass is 443 g/mol. The van der Waals surface area contributed by atoms with Gasteiger partial charge >= 0.3 is 6.18 Å². The third-order valence-corrected chi connectivity index (χ3v) is 5.12. The van der Waals surface area contributed by atoms with Gasteiger partial charge in [0.05, 0.1) is 23.8 Å². The highest BCUT2D eigenvalue weighted by Gasteiger charge is 2.38. The average Bonchev–Trinajstić information content (AvgIpc) is 3.13. The van der Waals surface area contributed by atoms with Crippen LogP contribution in [0.1, 0.15) is 48.9 Å². The van der Waals surface area contributed by atoms with Crippen LogP contribution in [-0.4, -0.2) is 28.1 Å². The first kappa shape index (κ1) is 23.5. The second kappa shape index (κ2) is 9.97. The van der Waals surface area contributed by atoms with E-state index in [9.17, 15) is 13.2 Å². The Labute approximate surface area is 186 Å². The lowest BCUT2D eigenvalue weighted by molar-refractivity contribution is -0.147. The Morgan fingerprint density at radius 1 is 1.19 bits per heavy atom. The Morgan fingerprint density at radius 3 is 2.62 bits per heavy atom. The molecule has 8 heteroatoms. The number of hydrogen-bond donors (Lipinski definition) is 1. The maximum Gasteiger partial charge on any atom is 0.449 e. The lowest BCUT2D eigenvalue weighted by Crippen LogP contribution is -2.26. The Bertz CT molecular complexity index is 1130. The molecule has 1 N–H and O–H groups in total. The maximum absolute atomic E-state index is 13.7. The Kier molecular flexibility index (Phi) is 7.33. The fourth-order valence-corrected chi connectivity index (χ4v) is 3.39. The second-order valence-electron chi connectivity index (χ2n) is 7.76. The molecule has 0 aliphatic heterocycles. The summed E-state index contributed by atoms with van der Waals surface area (Å²) in [7, 11) is 0. The normalized spacial score (nSPS) is 13.8. The van der Waals surface area contributed by atoms with E-state index in [2.05, 4.69) is 20.3 Å². The number of nitrogens with one attached hydrogen (secondary N) is 1. The highest BCUT2D eigenvalue weighted by atomic mass is 19.4. The van der Waals surface area contributed by atoms with E-state index in [1.54, 1.807) is 25.1 Å². The van der Waals surface area contributed by atoms with Gasteiger partial charge in [-0.1, -0.05) is 37.3 Å². The molecule has 0 saturated heterocycles. The Hall–Kier alpha value is -3.16. The van der Waals surface area contributed by atoms with Crippen LogP contribution in [0.25, 0.3) is 11.0 Å². The van der Waals surface area contributed by atoms with Crippen LogP contribution in [0.4, 0.5) is 13.2 Å². The van der Waals surface area contributed by atoms with E-state index in [1.807, 2.05) is 45.0 Å². The van der Waals surface area contributed by atoms with Gasteiger partial charge in [0.1, 0.15) is 12.0 Å². The van der Waals surface area contributed by atoms with Crippen molar-refractivity contribution in [1.82, 2.24) is 14.9 Å². The molecule has 3 aromatic rings. The quantitative estimate of drug-likeness (QED) is 0.367. The van der Waals surface area contributed by atoms with Crippen molar-refractivity contribution in [3.8, 4) is 0 Å². The molecule has 0 spiro atoms. The number of hydrogen-bond acceptors (Lipinski definition) is 3. The number of imidazole rings is 1. The molecule has 32 heavy (non-hydrogen) atoms. The summed E-state index contributed by atoms with van der Waals surface area (Å²) >= 11 is 0. The summed E-state index contributed by atoms with van der Waals surface area (Å²) in [5.41, 5.74) is 3.76. The van der Waals surface area contributed by atoms with Crippen molar-refractivity contribution in [2.75, 3.05) is 6.54 Å². The smallest absolute Gasteiger partial charge is 0.369 e. The summed E-state index contributed by atoms with van der Waals surface area (Å²) in [5.74, 6) is -0.418. The molecule has 5 nitrogen and oxygen atoms in total. The van der Waals surface area contributed by atoms with Crippen molar-refractivity contribution in [3.63, 3.8) is 0 Å². The summed E-state index contributed by atoms with van der Waals surface area (Å²) < 4.78 is 42.2. The molecule has 0 aliphatic rings. The lowest BCUT2D eigenvalue weighted by atomic mass is 10.1. The van der Waals surface area contributed by atoms with Crippen LogP contribution in [0.3, 0.4) is 0 Å². The van der Waals surface area contributed by atoms with Crippen LogP contribution >= 0.6 is 0 Å². The molecule has 1 heterocycles. The maximum atomic E-state index is 13.7. The predicted molar refractivity (Wildman–Crippen MR) is 123 cm³/mol. The van der Waals surface area contributed by atoms with E-state index in [0.717, 1.165) is 27.7 Å². The topological polar surface area (TPSA) is 54.6 Å². The van der Waals surface area contributed by atoms with Gasteiger partial charge in [0, 0.05) is 6.54 Å². The van der Waals surface area contributed by atoms with Crippen molar-refractivity contribution in [2.24, 2.45) is 9.98 Å². The SMILES string of the molecule is CCCNC(/C=N\C(C)n1c(C(F)(F)F)nc2cc(C)ccc21)=NCc1ccccc1C. The standard InChI is InChI=1S/C24H28F3N5/c1-5-12-28-22(30-14-19-9-7-6-8-17(19)3)15-29-18(4)32-21-11-10-16(2)13-20(21)31-23(32)24(25,26)27/h6-11,13,15,18H,5,12,14H2,1-4H3,(H,28,30)/b29-15-. The van der Waals surface area contributed by atoms with Gasteiger partial charge in [-0.2, -0.15) is 13.2 Å². The third kappa shape index (κ3) is 5.55. The van der Waals surface area contributed by atoms with Crippen LogP contribution in [-0.2, 0) is 12.7 Å². The van der Waals surface area contributed by atoms with Crippen LogP contribution in [0, 0.1) is 13.8 Å². The number of amidine groups is 1. The fraction of sp³-hybridized carbons (Fsp3) is 0.375. The summed E-state index contributed by atoms with van der Waals surface area (Å²) in [6.07, 6.45) is -3.00. The molecule has 0 fully saturated rings. The van der Waals surface area contributed by atoms with Gasteiger partial charge in [-0.15, -0.1) is 0 Å². The highest BCUT2D eigenvalue weighted by molar-refractivity contribution is 6.29. The molecule has 0 aliphatic carbocycles. The number of benzene rings is 2. The predicted octanol–water partition coefficient (Wildman–Crippen LogP) is 5.86. The van der Waals surface area contributed by atoms with Crippen LogP contribution in [0.2, 0.25) is 0 Å². The number of rotatable bonds is 7. The van der Waals surface area contributed by atoms with Crippen molar-refractivity contribution in [2.45, 2.75) is 53.0 Å². The molecule has 3 rings (SSSR count). The lowest BCUT2D eigenvalue weighted by Gasteiger charge is -2.15. The molecule has 0 bridgehead atoms. The van der Waals surface area contributed by atoms with Crippen molar-refractivity contribution in [1.29, 1.82) is 0 Å². The molecule has 170 valence electrons. The number of halogens is 3. The minimum absolute atomic E-state index is 0.303. The molecule has 0 amide bonds. The first-order valence-corrected chi connectivity index (χ1v) is 10.6. The van der Waals surface area contributed by atoms with E-state index in [0.29, 0.717) is 30.0 Å². The largest absolute Gasteiger partial charge is 0.449 e. The minimum atomic E-state index is -4.58. The molecular weight excluding hydrogens is 415 g/mol. The second-order valence-corrected chi connectivity index (χ2v) is 7.76. The number of aryl methyl sites for hydroxylation is 2. The minimum Gasteiger partial charge on any atom is -0.369 e.